The summed E-state index contributed by atoms with van der Waals surface area (Å²) in [5.41, 5.74) is 3.73. The zero-order valence-electron chi connectivity index (χ0n) is 15.0. The van der Waals surface area contributed by atoms with E-state index in [0.29, 0.717) is 32.7 Å². The number of aliphatic hydroxyl groups excluding tert-OH is 1. The van der Waals surface area contributed by atoms with Gasteiger partial charge in [0.15, 0.2) is 5.43 Å². The van der Waals surface area contributed by atoms with Crippen LogP contribution in [0, 0.1) is 13.8 Å². The molecule has 1 fully saturated rings. The molecule has 0 radical (unpaired) electrons. The minimum atomic E-state index is -0.581. The third kappa shape index (κ3) is 3.75. The molecule has 1 aromatic heterocycles. The second-order valence-electron chi connectivity index (χ2n) is 6.96. The number of aromatic nitrogens is 1. The summed E-state index contributed by atoms with van der Waals surface area (Å²) in [6.07, 6.45) is -0.581. The number of fused-ring (bicyclic) bond motifs is 1. The zero-order chi connectivity index (χ0) is 18.1. The molecule has 3 rings (SSSR count). The summed E-state index contributed by atoms with van der Waals surface area (Å²) >= 11 is 0. The number of H-pyrrole nitrogens is 1. The largest absolute Gasteiger partial charge is 0.390 e. The molecule has 134 valence electrons. The highest BCUT2D eigenvalue weighted by Gasteiger charge is 2.23. The average Bonchev–Trinajstić information content (AvgIpc) is 2.72. The molecule has 6 nitrogen and oxygen atoms in total. The Morgan fingerprint density at radius 3 is 2.68 bits per heavy atom. The molecule has 1 unspecified atom stereocenters. The van der Waals surface area contributed by atoms with Crippen LogP contribution < -0.4 is 5.43 Å². The van der Waals surface area contributed by atoms with Gasteiger partial charge in [0.25, 0.3) is 0 Å². The fourth-order valence-electron chi connectivity index (χ4n) is 3.53. The van der Waals surface area contributed by atoms with Gasteiger partial charge in [-0.05, 0) is 25.0 Å². The molecule has 1 saturated heterocycles. The molecule has 0 saturated carbocycles. The van der Waals surface area contributed by atoms with Crippen molar-refractivity contribution < 1.29 is 9.90 Å². The number of carbonyl (C=O) groups excluding carboxylic acids is 1. The minimum Gasteiger partial charge on any atom is -0.390 e. The summed E-state index contributed by atoms with van der Waals surface area (Å²) in [4.78, 5) is 31.3. The van der Waals surface area contributed by atoms with E-state index in [4.69, 9.17) is 0 Å². The monoisotopic (exact) mass is 343 g/mol. The molecule has 2 N–H and O–H groups in total. The first-order chi connectivity index (χ1) is 11.8. The number of aromatic amines is 1. The van der Waals surface area contributed by atoms with E-state index in [9.17, 15) is 14.7 Å². The predicted molar refractivity (Wildman–Crippen MR) is 97.6 cm³/mol. The highest BCUT2D eigenvalue weighted by atomic mass is 16.3. The summed E-state index contributed by atoms with van der Waals surface area (Å²) in [6.45, 7) is 8.09. The van der Waals surface area contributed by atoms with Crippen LogP contribution in [0.1, 0.15) is 23.7 Å². The van der Waals surface area contributed by atoms with Crippen molar-refractivity contribution in [2.45, 2.75) is 33.4 Å². The minimum absolute atomic E-state index is 0.0192. The maximum absolute atomic E-state index is 12.5. The van der Waals surface area contributed by atoms with E-state index < -0.39 is 6.10 Å². The number of nitrogens with one attached hydrogen (secondary N) is 1. The Kier molecular flexibility index (Phi) is 4.92. The van der Waals surface area contributed by atoms with Gasteiger partial charge in [-0.15, -0.1) is 0 Å². The van der Waals surface area contributed by atoms with Crippen molar-refractivity contribution in [2.75, 3.05) is 26.2 Å². The molecular weight excluding hydrogens is 318 g/mol. The van der Waals surface area contributed by atoms with Gasteiger partial charge in [0.05, 0.1) is 11.6 Å². The molecule has 2 heterocycles. The second-order valence-corrected chi connectivity index (χ2v) is 6.96. The van der Waals surface area contributed by atoms with Crippen LogP contribution in [0.5, 0.6) is 0 Å². The quantitative estimate of drug-likeness (QED) is 0.858. The van der Waals surface area contributed by atoms with Crippen LogP contribution in [-0.2, 0) is 11.3 Å². The summed E-state index contributed by atoms with van der Waals surface area (Å²) < 4.78 is 0. The molecule has 6 heteroatoms. The maximum Gasteiger partial charge on any atom is 0.219 e. The SMILES string of the molecule is CC(=O)N1CCN(Cc2cc(=O)c3c(C)ccc(C)c3[nH]2)CC(O)C1. The number of benzene rings is 1. The molecule has 2 aromatic rings. The lowest BCUT2D eigenvalue weighted by atomic mass is 10.0. The first-order valence-electron chi connectivity index (χ1n) is 8.63. The lowest BCUT2D eigenvalue weighted by molar-refractivity contribution is -0.129. The van der Waals surface area contributed by atoms with Crippen molar-refractivity contribution >= 4 is 16.8 Å². The zero-order valence-corrected chi connectivity index (χ0v) is 15.0. The topological polar surface area (TPSA) is 76.6 Å². The van der Waals surface area contributed by atoms with Crippen LogP contribution in [0.15, 0.2) is 23.0 Å². The number of carbonyl (C=O) groups is 1. The Morgan fingerprint density at radius 2 is 1.96 bits per heavy atom. The van der Waals surface area contributed by atoms with Crippen LogP contribution in [0.2, 0.25) is 0 Å². The van der Waals surface area contributed by atoms with Gasteiger partial charge in [-0.25, -0.2) is 0 Å². The Labute approximate surface area is 147 Å². The van der Waals surface area contributed by atoms with Gasteiger partial charge in [0, 0.05) is 56.8 Å². The molecule has 1 aliphatic rings. The van der Waals surface area contributed by atoms with Crippen LogP contribution in [0.25, 0.3) is 10.9 Å². The molecule has 0 spiro atoms. The standard InChI is InChI=1S/C19H25N3O3/c1-12-4-5-13(2)19-18(12)17(25)8-15(20-19)9-21-6-7-22(14(3)23)11-16(24)10-21/h4-5,8,16,24H,6-7,9-11H2,1-3H3,(H,20,25). The lowest BCUT2D eigenvalue weighted by Crippen LogP contribution is -2.36. The Morgan fingerprint density at radius 1 is 1.24 bits per heavy atom. The van der Waals surface area contributed by atoms with Crippen molar-refractivity contribution in [1.82, 2.24) is 14.8 Å². The highest BCUT2D eigenvalue weighted by Crippen LogP contribution is 2.18. The fraction of sp³-hybridized carbons (Fsp3) is 0.474. The second kappa shape index (κ2) is 6.98. The number of aliphatic hydroxyl groups is 1. The molecule has 1 aliphatic heterocycles. The van der Waals surface area contributed by atoms with Crippen molar-refractivity contribution in [2.24, 2.45) is 0 Å². The number of nitrogens with zero attached hydrogens (tertiary/aromatic N) is 2. The third-order valence-corrected chi connectivity index (χ3v) is 4.88. The number of pyridine rings is 1. The van der Waals surface area contributed by atoms with Crippen molar-refractivity contribution in [3.05, 3.63) is 45.2 Å². The van der Waals surface area contributed by atoms with Crippen molar-refractivity contribution in [3.8, 4) is 0 Å². The maximum atomic E-state index is 12.5. The Balaban J connectivity index is 1.87. The molecule has 1 atom stereocenters. The van der Waals surface area contributed by atoms with Crippen molar-refractivity contribution in [1.29, 1.82) is 0 Å². The smallest absolute Gasteiger partial charge is 0.219 e. The Hall–Kier alpha value is -2.18. The number of amides is 1. The van der Waals surface area contributed by atoms with Gasteiger partial charge in [0.1, 0.15) is 0 Å². The normalized spacial score (nSPS) is 19.2. The summed E-state index contributed by atoms with van der Waals surface area (Å²) in [5.74, 6) is -0.0221. The Bertz CT molecular complexity index is 859. The van der Waals surface area contributed by atoms with Crippen LogP contribution in [0.4, 0.5) is 0 Å². The number of aryl methyl sites for hydroxylation is 2. The molecular formula is C19H25N3O3. The van der Waals surface area contributed by atoms with Crippen LogP contribution >= 0.6 is 0 Å². The first kappa shape index (κ1) is 17.6. The van der Waals surface area contributed by atoms with Gasteiger partial charge in [-0.2, -0.15) is 0 Å². The van der Waals surface area contributed by atoms with Gasteiger partial charge in [0.2, 0.25) is 5.91 Å². The number of hydrogen-bond acceptors (Lipinski definition) is 4. The molecule has 0 bridgehead atoms. The summed E-state index contributed by atoms with van der Waals surface area (Å²) in [6, 6.07) is 5.63. The van der Waals surface area contributed by atoms with Crippen LogP contribution in [-0.4, -0.2) is 58.1 Å². The van der Waals surface area contributed by atoms with E-state index in [2.05, 4.69) is 9.88 Å². The summed E-state index contributed by atoms with van der Waals surface area (Å²) in [7, 11) is 0. The van der Waals surface area contributed by atoms with Gasteiger partial charge >= 0.3 is 0 Å². The van der Waals surface area contributed by atoms with E-state index in [1.807, 2.05) is 26.0 Å². The first-order valence-corrected chi connectivity index (χ1v) is 8.63. The predicted octanol–water partition coefficient (Wildman–Crippen LogP) is 1.17. The van der Waals surface area contributed by atoms with E-state index in [-0.39, 0.29) is 11.3 Å². The van der Waals surface area contributed by atoms with E-state index in [0.717, 1.165) is 27.7 Å². The van der Waals surface area contributed by atoms with E-state index in [1.165, 1.54) is 6.92 Å². The van der Waals surface area contributed by atoms with Gasteiger partial charge < -0.3 is 15.0 Å². The van der Waals surface area contributed by atoms with E-state index >= 15 is 0 Å². The lowest BCUT2D eigenvalue weighted by Gasteiger charge is -2.21. The molecule has 1 amide bonds. The number of rotatable bonds is 2. The summed E-state index contributed by atoms with van der Waals surface area (Å²) in [5, 5.41) is 10.9. The van der Waals surface area contributed by atoms with Crippen molar-refractivity contribution in [3.63, 3.8) is 0 Å². The van der Waals surface area contributed by atoms with Gasteiger partial charge in [-0.1, -0.05) is 12.1 Å². The third-order valence-electron chi connectivity index (χ3n) is 4.88. The van der Waals surface area contributed by atoms with Crippen LogP contribution in [0.3, 0.4) is 0 Å². The molecule has 0 aliphatic carbocycles. The van der Waals surface area contributed by atoms with Gasteiger partial charge in [-0.3, -0.25) is 14.5 Å². The number of β-amino-alcohol motifs (C(OH)–C–C–N with tert-alkyl or cyclic N) is 1. The fourth-order valence-corrected chi connectivity index (χ4v) is 3.53. The molecule has 1 aromatic carbocycles. The highest BCUT2D eigenvalue weighted by molar-refractivity contribution is 5.84. The average molecular weight is 343 g/mol. The number of hydrogen-bond donors (Lipinski definition) is 2. The van der Waals surface area contributed by atoms with E-state index in [1.54, 1.807) is 11.0 Å². The molecule has 25 heavy (non-hydrogen) atoms.